The van der Waals surface area contributed by atoms with Crippen LogP contribution in [0.3, 0.4) is 0 Å². The molecule has 1 atom stereocenters. The van der Waals surface area contributed by atoms with Crippen molar-refractivity contribution in [3.63, 3.8) is 0 Å². The highest BCUT2D eigenvalue weighted by Gasteiger charge is 2.28. The molecule has 0 radical (unpaired) electrons. The Kier molecular flexibility index (Phi) is 3.48. The highest BCUT2D eigenvalue weighted by molar-refractivity contribution is 5.03. The summed E-state index contributed by atoms with van der Waals surface area (Å²) in [6.45, 7) is 8.18. The first-order valence-corrected chi connectivity index (χ1v) is 6.24. The minimum atomic E-state index is -0.696. The van der Waals surface area contributed by atoms with Gasteiger partial charge in [0, 0.05) is 39.3 Å². The van der Waals surface area contributed by atoms with Gasteiger partial charge in [0.2, 0.25) is 0 Å². The molecule has 16 heavy (non-hydrogen) atoms. The molecule has 2 rings (SSSR count). The van der Waals surface area contributed by atoms with Gasteiger partial charge >= 0.3 is 0 Å². The second-order valence-electron chi connectivity index (χ2n) is 5.55. The van der Waals surface area contributed by atoms with Gasteiger partial charge in [0.15, 0.2) is 0 Å². The van der Waals surface area contributed by atoms with Gasteiger partial charge in [0.1, 0.15) is 5.54 Å². The summed E-state index contributed by atoms with van der Waals surface area (Å²) in [6.07, 6.45) is 2.85. The molecule has 1 heterocycles. The molecular formula is C12H22N4. The normalized spacial score (nSPS) is 27.3. The van der Waals surface area contributed by atoms with Crippen LogP contribution in [0.25, 0.3) is 0 Å². The standard InChI is InChI=1S/C12H22N4/c1-12(14,9-13)10-16-6-4-15(5-7-16)8-11-2-3-11/h11H,2-8,10,14H2,1H3. The van der Waals surface area contributed by atoms with E-state index >= 15 is 0 Å². The van der Waals surface area contributed by atoms with E-state index in [1.165, 1.54) is 19.4 Å². The zero-order chi connectivity index (χ0) is 11.6. The summed E-state index contributed by atoms with van der Waals surface area (Å²) in [7, 11) is 0. The van der Waals surface area contributed by atoms with Gasteiger partial charge in [-0.2, -0.15) is 5.26 Å². The van der Waals surface area contributed by atoms with Crippen LogP contribution in [0.15, 0.2) is 0 Å². The van der Waals surface area contributed by atoms with Crippen LogP contribution in [0, 0.1) is 17.2 Å². The molecule has 0 aromatic rings. The van der Waals surface area contributed by atoms with E-state index in [9.17, 15) is 0 Å². The lowest BCUT2D eigenvalue weighted by Gasteiger charge is -2.36. The Bertz CT molecular complexity index is 269. The third kappa shape index (κ3) is 3.44. The summed E-state index contributed by atoms with van der Waals surface area (Å²) in [5.74, 6) is 0.977. The number of nitrogens with two attached hydrogens (primary N) is 1. The molecule has 1 aliphatic carbocycles. The maximum Gasteiger partial charge on any atom is 0.114 e. The number of hydrogen-bond acceptors (Lipinski definition) is 4. The Balaban J connectivity index is 1.70. The number of hydrogen-bond donors (Lipinski definition) is 1. The quantitative estimate of drug-likeness (QED) is 0.741. The molecule has 0 bridgehead atoms. The Labute approximate surface area is 98.0 Å². The minimum absolute atomic E-state index is 0.695. The van der Waals surface area contributed by atoms with Crippen LogP contribution in [0.5, 0.6) is 0 Å². The Morgan fingerprint density at radius 2 is 1.81 bits per heavy atom. The van der Waals surface area contributed by atoms with Crippen molar-refractivity contribution in [2.45, 2.75) is 25.3 Å². The van der Waals surface area contributed by atoms with Gasteiger partial charge in [-0.3, -0.25) is 4.90 Å². The van der Waals surface area contributed by atoms with E-state index in [4.69, 9.17) is 11.0 Å². The van der Waals surface area contributed by atoms with Crippen LogP contribution in [0.1, 0.15) is 19.8 Å². The van der Waals surface area contributed by atoms with Crippen molar-refractivity contribution < 1.29 is 0 Å². The summed E-state index contributed by atoms with van der Waals surface area (Å²) < 4.78 is 0. The van der Waals surface area contributed by atoms with Crippen molar-refractivity contribution >= 4 is 0 Å². The molecule has 2 fully saturated rings. The van der Waals surface area contributed by atoms with Gasteiger partial charge in [-0.25, -0.2) is 0 Å². The lowest BCUT2D eigenvalue weighted by Crippen LogP contribution is -2.53. The topological polar surface area (TPSA) is 56.3 Å². The van der Waals surface area contributed by atoms with Crippen LogP contribution >= 0.6 is 0 Å². The van der Waals surface area contributed by atoms with E-state index in [2.05, 4.69) is 15.9 Å². The molecule has 4 nitrogen and oxygen atoms in total. The van der Waals surface area contributed by atoms with Crippen molar-refractivity contribution in [3.8, 4) is 6.07 Å². The van der Waals surface area contributed by atoms with Gasteiger partial charge in [0.05, 0.1) is 6.07 Å². The molecular weight excluding hydrogens is 200 g/mol. The van der Waals surface area contributed by atoms with Crippen LogP contribution in [-0.2, 0) is 0 Å². The summed E-state index contributed by atoms with van der Waals surface area (Å²) in [4.78, 5) is 4.86. The predicted molar refractivity (Wildman–Crippen MR) is 63.8 cm³/mol. The summed E-state index contributed by atoms with van der Waals surface area (Å²) in [5, 5.41) is 8.89. The average molecular weight is 222 g/mol. The second-order valence-corrected chi connectivity index (χ2v) is 5.55. The smallest absolute Gasteiger partial charge is 0.114 e. The van der Waals surface area contributed by atoms with E-state index in [1.807, 2.05) is 6.92 Å². The molecule has 2 N–H and O–H groups in total. The third-order valence-electron chi connectivity index (χ3n) is 3.49. The molecule has 0 amide bonds. The molecule has 0 aromatic heterocycles. The van der Waals surface area contributed by atoms with Crippen molar-refractivity contribution in [3.05, 3.63) is 0 Å². The Morgan fingerprint density at radius 3 is 2.31 bits per heavy atom. The number of nitrogens with zero attached hydrogens (tertiary/aromatic N) is 3. The molecule has 2 aliphatic rings. The monoisotopic (exact) mass is 222 g/mol. The van der Waals surface area contributed by atoms with Gasteiger partial charge in [0.25, 0.3) is 0 Å². The molecule has 0 spiro atoms. The SMILES string of the molecule is CC(N)(C#N)CN1CCN(CC2CC2)CC1. The fourth-order valence-corrected chi connectivity index (χ4v) is 2.30. The average Bonchev–Trinajstić information content (AvgIpc) is 3.05. The zero-order valence-corrected chi connectivity index (χ0v) is 10.2. The number of piperazine rings is 1. The van der Waals surface area contributed by atoms with Crippen LogP contribution in [0.2, 0.25) is 0 Å². The van der Waals surface area contributed by atoms with Crippen molar-refractivity contribution in [2.75, 3.05) is 39.3 Å². The first kappa shape index (κ1) is 11.8. The zero-order valence-electron chi connectivity index (χ0n) is 10.2. The maximum absolute atomic E-state index is 8.89. The largest absolute Gasteiger partial charge is 0.313 e. The van der Waals surface area contributed by atoms with E-state index in [-0.39, 0.29) is 0 Å². The molecule has 1 saturated carbocycles. The van der Waals surface area contributed by atoms with Gasteiger partial charge in [-0.1, -0.05) is 0 Å². The van der Waals surface area contributed by atoms with Gasteiger partial charge in [-0.15, -0.1) is 0 Å². The van der Waals surface area contributed by atoms with Crippen LogP contribution in [-0.4, -0.2) is 54.6 Å². The Morgan fingerprint density at radius 1 is 1.25 bits per heavy atom. The summed E-state index contributed by atoms with van der Waals surface area (Å²) in [6, 6.07) is 2.16. The molecule has 90 valence electrons. The lowest BCUT2D eigenvalue weighted by atomic mass is 10.1. The molecule has 1 aliphatic heterocycles. The molecule has 1 unspecified atom stereocenters. The fraction of sp³-hybridized carbons (Fsp3) is 0.917. The fourth-order valence-electron chi connectivity index (χ4n) is 2.30. The highest BCUT2D eigenvalue weighted by atomic mass is 15.3. The lowest BCUT2D eigenvalue weighted by molar-refractivity contribution is 0.118. The first-order chi connectivity index (χ1) is 7.59. The van der Waals surface area contributed by atoms with Crippen molar-refractivity contribution in [1.29, 1.82) is 5.26 Å². The maximum atomic E-state index is 8.89. The molecule has 1 saturated heterocycles. The third-order valence-corrected chi connectivity index (χ3v) is 3.49. The number of rotatable bonds is 4. The van der Waals surface area contributed by atoms with E-state index < -0.39 is 5.54 Å². The van der Waals surface area contributed by atoms with E-state index in [0.29, 0.717) is 6.54 Å². The summed E-state index contributed by atoms with van der Waals surface area (Å²) in [5.41, 5.74) is 5.16. The van der Waals surface area contributed by atoms with Crippen LogP contribution < -0.4 is 5.73 Å². The van der Waals surface area contributed by atoms with E-state index in [1.54, 1.807) is 0 Å². The Hall–Kier alpha value is -0.630. The highest BCUT2D eigenvalue weighted by Crippen LogP contribution is 2.29. The van der Waals surface area contributed by atoms with Crippen LogP contribution in [0.4, 0.5) is 0 Å². The van der Waals surface area contributed by atoms with E-state index in [0.717, 1.165) is 32.1 Å². The minimum Gasteiger partial charge on any atom is -0.313 e. The molecule has 0 aromatic carbocycles. The molecule has 4 heteroatoms. The predicted octanol–water partition coefficient (Wildman–Crippen LogP) is 0.255. The first-order valence-electron chi connectivity index (χ1n) is 6.24. The number of nitriles is 1. The summed E-state index contributed by atoms with van der Waals surface area (Å²) >= 11 is 0. The van der Waals surface area contributed by atoms with Crippen molar-refractivity contribution in [2.24, 2.45) is 11.7 Å². The second kappa shape index (κ2) is 4.70. The van der Waals surface area contributed by atoms with Gasteiger partial charge in [-0.05, 0) is 25.7 Å². The van der Waals surface area contributed by atoms with Crippen molar-refractivity contribution in [1.82, 2.24) is 9.80 Å². The van der Waals surface area contributed by atoms with Gasteiger partial charge < -0.3 is 10.6 Å².